The second-order valence-electron chi connectivity index (χ2n) is 7.67. The summed E-state index contributed by atoms with van der Waals surface area (Å²) in [6.07, 6.45) is 14.8. The molecule has 1 aliphatic carbocycles. The third-order valence-electron chi connectivity index (χ3n) is 5.22. The van der Waals surface area contributed by atoms with Crippen molar-refractivity contribution in [2.45, 2.75) is 62.7 Å². The lowest BCUT2D eigenvalue weighted by Crippen LogP contribution is -2.46. The highest BCUT2D eigenvalue weighted by molar-refractivity contribution is 8.00. The second-order valence-corrected chi connectivity index (χ2v) is 9.33. The molecule has 0 saturated heterocycles. The Hall–Kier alpha value is -2.08. The summed E-state index contributed by atoms with van der Waals surface area (Å²) in [6, 6.07) is 6.58. The van der Waals surface area contributed by atoms with Gasteiger partial charge in [-0.15, -0.1) is 11.8 Å². The van der Waals surface area contributed by atoms with E-state index in [0.29, 0.717) is 18.1 Å². The molecule has 0 amide bonds. The predicted octanol–water partition coefficient (Wildman–Crippen LogP) is 4.96. The zero-order valence-corrected chi connectivity index (χ0v) is 17.5. The largest absolute Gasteiger partial charge is 0.454 e. The molecule has 1 N–H and O–H groups in total. The van der Waals surface area contributed by atoms with Crippen LogP contribution < -0.4 is 14.9 Å². The molecule has 1 atom stereocenters. The topological polar surface area (TPSA) is 46.1 Å². The SMILES string of the molecule is CC(C)SC1NN=C(/C=C/C=C/c2ccc3c(c2)OCO3)N1C1CCCCC1. The minimum Gasteiger partial charge on any atom is -0.454 e. The third-order valence-corrected chi connectivity index (χ3v) is 6.35. The third kappa shape index (κ3) is 4.49. The van der Waals surface area contributed by atoms with Crippen LogP contribution in [0.1, 0.15) is 51.5 Å². The van der Waals surface area contributed by atoms with Gasteiger partial charge in [-0.2, -0.15) is 5.10 Å². The minimum atomic E-state index is 0.237. The van der Waals surface area contributed by atoms with E-state index in [2.05, 4.69) is 53.6 Å². The number of nitrogens with zero attached hydrogens (tertiary/aromatic N) is 2. The van der Waals surface area contributed by atoms with Crippen LogP contribution in [0.4, 0.5) is 0 Å². The summed E-state index contributed by atoms with van der Waals surface area (Å²) < 4.78 is 10.8. The van der Waals surface area contributed by atoms with E-state index in [4.69, 9.17) is 9.47 Å². The van der Waals surface area contributed by atoms with Crippen molar-refractivity contribution in [1.82, 2.24) is 10.3 Å². The smallest absolute Gasteiger partial charge is 0.231 e. The van der Waals surface area contributed by atoms with E-state index < -0.39 is 0 Å². The predicted molar refractivity (Wildman–Crippen MR) is 117 cm³/mol. The van der Waals surface area contributed by atoms with Crippen LogP contribution in [0.25, 0.3) is 6.08 Å². The molecular weight excluding hydrogens is 370 g/mol. The number of hydrazone groups is 1. The molecule has 1 saturated carbocycles. The van der Waals surface area contributed by atoms with Crippen LogP contribution in [0.2, 0.25) is 0 Å². The van der Waals surface area contributed by atoms with Gasteiger partial charge in [0.05, 0.1) is 0 Å². The molecule has 0 aromatic heterocycles. The second kappa shape index (κ2) is 8.95. The number of amidine groups is 1. The van der Waals surface area contributed by atoms with Crippen LogP contribution in [0.15, 0.2) is 41.5 Å². The van der Waals surface area contributed by atoms with Crippen molar-refractivity contribution in [3.63, 3.8) is 0 Å². The number of allylic oxidation sites excluding steroid dienone is 2. The van der Waals surface area contributed by atoms with Crippen molar-refractivity contribution in [3.05, 3.63) is 42.0 Å². The molecule has 0 radical (unpaired) electrons. The van der Waals surface area contributed by atoms with E-state index in [9.17, 15) is 0 Å². The highest BCUT2D eigenvalue weighted by Gasteiger charge is 2.33. The molecule has 5 nitrogen and oxygen atoms in total. The van der Waals surface area contributed by atoms with Crippen molar-refractivity contribution in [2.75, 3.05) is 6.79 Å². The standard InChI is InChI=1S/C22H29N3O2S/c1-16(2)28-22-24-23-21(25(22)18-9-4-3-5-10-18)11-7-6-8-17-12-13-19-20(14-17)27-15-26-19/h6-8,11-14,16,18,22,24H,3-5,9-10,15H2,1-2H3/b8-6+,11-7+. The average Bonchev–Trinajstić information content (AvgIpc) is 3.32. The van der Waals surface area contributed by atoms with E-state index in [0.717, 1.165) is 22.9 Å². The van der Waals surface area contributed by atoms with E-state index in [1.54, 1.807) is 0 Å². The van der Waals surface area contributed by atoms with E-state index in [-0.39, 0.29) is 5.50 Å². The van der Waals surface area contributed by atoms with Gasteiger partial charge in [-0.05, 0) is 36.6 Å². The normalized spacial score (nSPS) is 22.5. The van der Waals surface area contributed by atoms with Gasteiger partial charge in [0.1, 0.15) is 0 Å². The molecule has 1 unspecified atom stereocenters. The summed E-state index contributed by atoms with van der Waals surface area (Å²) in [5.74, 6) is 2.67. The Morgan fingerprint density at radius 2 is 1.89 bits per heavy atom. The van der Waals surface area contributed by atoms with Crippen LogP contribution in [-0.2, 0) is 0 Å². The Balaban J connectivity index is 1.42. The fourth-order valence-electron chi connectivity index (χ4n) is 3.90. The first kappa shape index (κ1) is 19.2. The number of ether oxygens (including phenoxy) is 2. The first-order chi connectivity index (χ1) is 13.7. The van der Waals surface area contributed by atoms with Gasteiger partial charge in [-0.3, -0.25) is 5.43 Å². The summed E-state index contributed by atoms with van der Waals surface area (Å²) in [7, 11) is 0. The zero-order chi connectivity index (χ0) is 19.3. The van der Waals surface area contributed by atoms with Gasteiger partial charge in [-0.25, -0.2) is 0 Å². The molecule has 0 spiro atoms. The van der Waals surface area contributed by atoms with Crippen LogP contribution in [0.3, 0.4) is 0 Å². The van der Waals surface area contributed by atoms with Gasteiger partial charge in [0.15, 0.2) is 22.8 Å². The maximum absolute atomic E-state index is 5.44. The Morgan fingerprint density at radius 1 is 1.11 bits per heavy atom. The molecule has 1 fully saturated rings. The zero-order valence-electron chi connectivity index (χ0n) is 16.6. The molecule has 28 heavy (non-hydrogen) atoms. The number of fused-ring (bicyclic) bond motifs is 1. The van der Waals surface area contributed by atoms with Crippen LogP contribution >= 0.6 is 11.8 Å². The van der Waals surface area contributed by atoms with Crippen molar-refractivity contribution >= 4 is 23.7 Å². The molecule has 3 aliphatic rings. The lowest BCUT2D eigenvalue weighted by Gasteiger charge is -2.36. The molecule has 6 heteroatoms. The van der Waals surface area contributed by atoms with Crippen LogP contribution in [0.5, 0.6) is 11.5 Å². The number of thioether (sulfide) groups is 1. The average molecular weight is 400 g/mol. The molecule has 1 aromatic carbocycles. The molecule has 1 aromatic rings. The van der Waals surface area contributed by atoms with Crippen molar-refractivity contribution < 1.29 is 9.47 Å². The van der Waals surface area contributed by atoms with Gasteiger partial charge < -0.3 is 14.4 Å². The maximum Gasteiger partial charge on any atom is 0.231 e. The summed E-state index contributed by atoms with van der Waals surface area (Å²) in [5.41, 5.74) is 4.68. The van der Waals surface area contributed by atoms with Gasteiger partial charge in [0.2, 0.25) is 6.79 Å². The van der Waals surface area contributed by atoms with Gasteiger partial charge in [-0.1, -0.05) is 57.4 Å². The number of nitrogens with one attached hydrogen (secondary N) is 1. The minimum absolute atomic E-state index is 0.237. The molecule has 150 valence electrons. The van der Waals surface area contributed by atoms with Crippen molar-refractivity contribution in [2.24, 2.45) is 5.10 Å². The van der Waals surface area contributed by atoms with Gasteiger partial charge in [0, 0.05) is 11.3 Å². The van der Waals surface area contributed by atoms with Crippen molar-refractivity contribution in [1.29, 1.82) is 0 Å². The molecular formula is C22H29N3O2S. The first-order valence-corrected chi connectivity index (χ1v) is 11.2. The lowest BCUT2D eigenvalue weighted by atomic mass is 9.94. The molecule has 2 heterocycles. The summed E-state index contributed by atoms with van der Waals surface area (Å²) in [6.45, 7) is 4.79. The van der Waals surface area contributed by atoms with Gasteiger partial charge >= 0.3 is 0 Å². The highest BCUT2D eigenvalue weighted by atomic mass is 32.2. The highest BCUT2D eigenvalue weighted by Crippen LogP contribution is 2.33. The Kier molecular flexibility index (Phi) is 6.15. The Labute approximate surface area is 171 Å². The molecule has 2 aliphatic heterocycles. The quantitative estimate of drug-likeness (QED) is 0.685. The Bertz CT molecular complexity index is 769. The van der Waals surface area contributed by atoms with Gasteiger partial charge in [0.25, 0.3) is 0 Å². The number of rotatable bonds is 6. The van der Waals surface area contributed by atoms with E-state index >= 15 is 0 Å². The molecule has 4 rings (SSSR count). The first-order valence-electron chi connectivity index (χ1n) is 10.2. The van der Waals surface area contributed by atoms with Crippen LogP contribution in [-0.4, -0.2) is 34.3 Å². The number of benzene rings is 1. The maximum atomic E-state index is 5.44. The Morgan fingerprint density at radius 3 is 2.71 bits per heavy atom. The molecule has 0 bridgehead atoms. The lowest BCUT2D eigenvalue weighted by molar-refractivity contribution is 0.174. The van der Waals surface area contributed by atoms with Crippen LogP contribution in [0, 0.1) is 0 Å². The summed E-state index contributed by atoms with van der Waals surface area (Å²) in [5, 5.41) is 5.20. The fourth-order valence-corrected chi connectivity index (χ4v) is 4.94. The number of hydrogen-bond donors (Lipinski definition) is 1. The van der Waals surface area contributed by atoms with Crippen molar-refractivity contribution in [3.8, 4) is 11.5 Å². The summed E-state index contributed by atoms with van der Waals surface area (Å²) >= 11 is 1.94. The monoisotopic (exact) mass is 399 g/mol. The fraction of sp³-hybridized carbons (Fsp3) is 0.500. The van der Waals surface area contributed by atoms with E-state index in [1.807, 2.05) is 30.0 Å². The summed E-state index contributed by atoms with van der Waals surface area (Å²) in [4.78, 5) is 2.49. The number of hydrogen-bond acceptors (Lipinski definition) is 6. The van der Waals surface area contributed by atoms with E-state index in [1.165, 1.54) is 32.1 Å².